The van der Waals surface area contributed by atoms with Crippen molar-refractivity contribution in [1.82, 2.24) is 10.2 Å². The molecule has 1 amide bonds. The number of halogens is 1. The lowest BCUT2D eigenvalue weighted by atomic mass is 10.1. The quantitative estimate of drug-likeness (QED) is 0.665. The number of carbonyl (C=O) groups is 1. The van der Waals surface area contributed by atoms with Crippen molar-refractivity contribution < 1.29 is 4.79 Å². The number of fused-ring (bicyclic) bond motifs is 1. The van der Waals surface area contributed by atoms with Gasteiger partial charge in [0.1, 0.15) is 4.88 Å². The van der Waals surface area contributed by atoms with E-state index in [-0.39, 0.29) is 5.91 Å². The summed E-state index contributed by atoms with van der Waals surface area (Å²) in [6.45, 7) is 3.80. The van der Waals surface area contributed by atoms with Gasteiger partial charge in [0, 0.05) is 23.2 Å². The van der Waals surface area contributed by atoms with Crippen molar-refractivity contribution >= 4 is 38.9 Å². The zero-order valence-corrected chi connectivity index (χ0v) is 16.1. The second-order valence-electron chi connectivity index (χ2n) is 6.68. The van der Waals surface area contributed by atoms with Gasteiger partial charge in [-0.15, -0.1) is 11.3 Å². The largest absolute Gasteiger partial charge is 0.347 e. The second kappa shape index (κ2) is 7.78. The highest BCUT2D eigenvalue weighted by Gasteiger charge is 2.18. The summed E-state index contributed by atoms with van der Waals surface area (Å²) in [5, 5.41) is 4.54. The number of benzene rings is 2. The summed E-state index contributed by atoms with van der Waals surface area (Å²) in [4.78, 5) is 15.7. The van der Waals surface area contributed by atoms with Gasteiger partial charge in [-0.25, -0.2) is 0 Å². The van der Waals surface area contributed by atoms with E-state index in [1.165, 1.54) is 35.3 Å². The van der Waals surface area contributed by atoms with Gasteiger partial charge >= 0.3 is 0 Å². The third-order valence-corrected chi connectivity index (χ3v) is 6.57. The Labute approximate surface area is 162 Å². The number of hydrogen-bond acceptors (Lipinski definition) is 3. The number of carbonyl (C=O) groups excluding carboxylic acids is 1. The van der Waals surface area contributed by atoms with Crippen LogP contribution in [0.3, 0.4) is 0 Å². The Morgan fingerprint density at radius 2 is 1.73 bits per heavy atom. The summed E-state index contributed by atoms with van der Waals surface area (Å²) >= 11 is 7.87. The van der Waals surface area contributed by atoms with Crippen LogP contribution in [0.15, 0.2) is 48.5 Å². The van der Waals surface area contributed by atoms with Crippen LogP contribution in [0.4, 0.5) is 0 Å². The minimum Gasteiger partial charge on any atom is -0.347 e. The van der Waals surface area contributed by atoms with E-state index in [4.69, 9.17) is 11.6 Å². The molecule has 0 unspecified atom stereocenters. The molecule has 0 aliphatic carbocycles. The number of likely N-dealkylation sites (tertiary alicyclic amines) is 1. The fraction of sp³-hybridized carbons (Fsp3) is 0.286. The van der Waals surface area contributed by atoms with E-state index in [2.05, 4.69) is 28.4 Å². The fourth-order valence-corrected chi connectivity index (χ4v) is 4.92. The Kier molecular flexibility index (Phi) is 5.25. The maximum Gasteiger partial charge on any atom is 0.263 e. The van der Waals surface area contributed by atoms with Gasteiger partial charge in [-0.05, 0) is 43.1 Å². The normalized spacial score (nSPS) is 14.8. The number of amides is 1. The highest BCUT2D eigenvalue weighted by molar-refractivity contribution is 7.21. The predicted molar refractivity (Wildman–Crippen MR) is 109 cm³/mol. The summed E-state index contributed by atoms with van der Waals surface area (Å²) in [5.41, 5.74) is 2.46. The van der Waals surface area contributed by atoms with Gasteiger partial charge in [-0.1, -0.05) is 54.1 Å². The topological polar surface area (TPSA) is 32.3 Å². The average molecular weight is 385 g/mol. The summed E-state index contributed by atoms with van der Waals surface area (Å²) in [7, 11) is 0. The highest BCUT2D eigenvalue weighted by atomic mass is 35.5. The number of rotatable bonds is 5. The summed E-state index contributed by atoms with van der Waals surface area (Å²) in [6.07, 6.45) is 2.56. The zero-order valence-electron chi connectivity index (χ0n) is 14.5. The Hall–Kier alpha value is -1.88. The van der Waals surface area contributed by atoms with E-state index < -0.39 is 0 Å². The molecule has 0 saturated carbocycles. The molecule has 1 aliphatic rings. The van der Waals surface area contributed by atoms with Crippen molar-refractivity contribution in [3.8, 4) is 0 Å². The maximum absolute atomic E-state index is 12.7. The molecule has 3 nitrogen and oxygen atoms in total. The van der Waals surface area contributed by atoms with E-state index in [0.717, 1.165) is 29.7 Å². The molecule has 1 aliphatic heterocycles. The minimum atomic E-state index is -0.104. The highest BCUT2D eigenvalue weighted by Crippen LogP contribution is 2.35. The lowest BCUT2D eigenvalue weighted by Crippen LogP contribution is -2.24. The molecule has 0 radical (unpaired) electrons. The molecule has 1 aromatic heterocycles. The first-order valence-electron chi connectivity index (χ1n) is 8.97. The van der Waals surface area contributed by atoms with Crippen molar-refractivity contribution in [2.75, 3.05) is 13.1 Å². The monoisotopic (exact) mass is 384 g/mol. The van der Waals surface area contributed by atoms with Gasteiger partial charge < -0.3 is 5.32 Å². The second-order valence-corrected chi connectivity index (χ2v) is 8.11. The molecule has 2 heterocycles. The van der Waals surface area contributed by atoms with E-state index in [1.54, 1.807) is 0 Å². The van der Waals surface area contributed by atoms with E-state index >= 15 is 0 Å². The van der Waals surface area contributed by atoms with Crippen LogP contribution >= 0.6 is 22.9 Å². The maximum atomic E-state index is 12.7. The molecule has 0 bridgehead atoms. The Morgan fingerprint density at radius 3 is 2.50 bits per heavy atom. The minimum absolute atomic E-state index is 0.104. The first-order valence-corrected chi connectivity index (χ1v) is 10.2. The van der Waals surface area contributed by atoms with Crippen molar-refractivity contribution in [3.05, 3.63) is 69.6 Å². The lowest BCUT2D eigenvalue weighted by Gasteiger charge is -2.17. The van der Waals surface area contributed by atoms with E-state index in [9.17, 15) is 4.79 Å². The first-order chi connectivity index (χ1) is 12.7. The SMILES string of the molecule is O=C(NCc1ccccc1CN1CCCC1)c1sc2ccccc2c1Cl. The lowest BCUT2D eigenvalue weighted by molar-refractivity contribution is 0.0955. The molecule has 0 atom stereocenters. The van der Waals surface area contributed by atoms with Crippen LogP contribution < -0.4 is 5.32 Å². The smallest absolute Gasteiger partial charge is 0.263 e. The standard InChI is InChI=1S/C21H21ClN2OS/c22-19-17-9-3-4-10-18(17)26-20(19)21(25)23-13-15-7-1-2-8-16(15)14-24-11-5-6-12-24/h1-4,7-10H,5-6,11-14H2,(H,23,25). The van der Waals surface area contributed by atoms with Gasteiger partial charge in [0.25, 0.3) is 5.91 Å². The average Bonchev–Trinajstić information content (AvgIpc) is 3.29. The van der Waals surface area contributed by atoms with Crippen LogP contribution in [0.5, 0.6) is 0 Å². The van der Waals surface area contributed by atoms with Gasteiger partial charge in [-0.2, -0.15) is 0 Å². The predicted octanol–water partition coefficient (Wildman–Crippen LogP) is 5.08. The summed E-state index contributed by atoms with van der Waals surface area (Å²) < 4.78 is 1.04. The Bertz CT molecular complexity index is 931. The zero-order chi connectivity index (χ0) is 17.9. The third kappa shape index (κ3) is 3.63. The molecule has 1 saturated heterocycles. The number of nitrogens with zero attached hydrogens (tertiary/aromatic N) is 1. The van der Waals surface area contributed by atoms with Crippen molar-refractivity contribution in [2.24, 2.45) is 0 Å². The molecule has 1 N–H and O–H groups in total. The van der Waals surface area contributed by atoms with Crippen molar-refractivity contribution in [2.45, 2.75) is 25.9 Å². The number of nitrogens with one attached hydrogen (secondary N) is 1. The Morgan fingerprint density at radius 1 is 1.04 bits per heavy atom. The molecular formula is C21H21ClN2OS. The summed E-state index contributed by atoms with van der Waals surface area (Å²) in [5.74, 6) is -0.104. The van der Waals surface area contributed by atoms with Crippen LogP contribution in [0.2, 0.25) is 5.02 Å². The fourth-order valence-electron chi connectivity index (χ4n) is 3.48. The Balaban J connectivity index is 1.48. The van der Waals surface area contributed by atoms with Crippen molar-refractivity contribution in [1.29, 1.82) is 0 Å². The van der Waals surface area contributed by atoms with Crippen LogP contribution in [-0.2, 0) is 13.1 Å². The molecule has 0 spiro atoms. The van der Waals surface area contributed by atoms with Crippen LogP contribution in [0.1, 0.15) is 33.6 Å². The van der Waals surface area contributed by atoms with Gasteiger partial charge in [0.05, 0.1) is 5.02 Å². The molecule has 2 aromatic carbocycles. The number of thiophene rings is 1. The van der Waals surface area contributed by atoms with Crippen LogP contribution in [0, 0.1) is 0 Å². The molecular weight excluding hydrogens is 364 g/mol. The van der Waals surface area contributed by atoms with Gasteiger partial charge in [-0.3, -0.25) is 9.69 Å². The van der Waals surface area contributed by atoms with Crippen LogP contribution in [-0.4, -0.2) is 23.9 Å². The van der Waals surface area contributed by atoms with Crippen LogP contribution in [0.25, 0.3) is 10.1 Å². The molecule has 26 heavy (non-hydrogen) atoms. The van der Waals surface area contributed by atoms with Gasteiger partial charge in [0.2, 0.25) is 0 Å². The molecule has 3 aromatic rings. The molecule has 1 fully saturated rings. The first kappa shape index (κ1) is 17.5. The number of hydrogen-bond donors (Lipinski definition) is 1. The molecule has 5 heteroatoms. The van der Waals surface area contributed by atoms with E-state index in [1.807, 2.05) is 30.3 Å². The third-order valence-electron chi connectivity index (χ3n) is 4.89. The summed E-state index contributed by atoms with van der Waals surface area (Å²) in [6, 6.07) is 16.2. The van der Waals surface area contributed by atoms with E-state index in [0.29, 0.717) is 16.4 Å². The molecule has 4 rings (SSSR count). The molecule has 134 valence electrons. The van der Waals surface area contributed by atoms with Crippen molar-refractivity contribution in [3.63, 3.8) is 0 Å². The van der Waals surface area contributed by atoms with Gasteiger partial charge in [0.15, 0.2) is 0 Å².